The molecule has 0 saturated heterocycles. The van der Waals surface area contributed by atoms with E-state index in [0.717, 1.165) is 15.9 Å². The number of rotatable bonds is 1. The van der Waals surface area contributed by atoms with Gasteiger partial charge in [0.05, 0.1) is 10.2 Å². The Morgan fingerprint density at radius 3 is 2.94 bits per heavy atom. The predicted octanol–water partition coefficient (Wildman–Crippen LogP) is 1.89. The van der Waals surface area contributed by atoms with Crippen molar-refractivity contribution in [1.82, 2.24) is 24.1 Å². The zero-order valence-electron chi connectivity index (χ0n) is 8.50. The molecule has 0 N–H and O–H groups in total. The van der Waals surface area contributed by atoms with Crippen LogP contribution in [-0.4, -0.2) is 24.1 Å². The van der Waals surface area contributed by atoms with E-state index in [2.05, 4.69) is 31.0 Å². The Bertz CT molecular complexity index is 654. The molecule has 3 heterocycles. The first-order valence-electron chi connectivity index (χ1n) is 4.73. The first-order valence-corrected chi connectivity index (χ1v) is 5.52. The van der Waals surface area contributed by atoms with Crippen LogP contribution in [0.25, 0.3) is 17.2 Å². The first kappa shape index (κ1) is 9.53. The van der Waals surface area contributed by atoms with E-state index in [4.69, 9.17) is 0 Å². The van der Waals surface area contributed by atoms with Gasteiger partial charge in [-0.1, -0.05) is 0 Å². The van der Waals surface area contributed by atoms with Gasteiger partial charge >= 0.3 is 0 Å². The number of aryl methyl sites for hydroxylation is 1. The van der Waals surface area contributed by atoms with Crippen molar-refractivity contribution >= 4 is 21.7 Å². The number of imidazole rings is 1. The van der Waals surface area contributed by atoms with Gasteiger partial charge in [-0.3, -0.25) is 9.08 Å². The molecule has 0 unspecified atom stereocenters. The summed E-state index contributed by atoms with van der Waals surface area (Å²) in [5.41, 5.74) is 1.84. The van der Waals surface area contributed by atoms with Gasteiger partial charge in [0.2, 0.25) is 5.78 Å². The zero-order chi connectivity index (χ0) is 11.1. The molecule has 0 aromatic carbocycles. The molecule has 6 heteroatoms. The van der Waals surface area contributed by atoms with Gasteiger partial charge in [0.1, 0.15) is 5.69 Å². The second kappa shape index (κ2) is 3.41. The van der Waals surface area contributed by atoms with Crippen molar-refractivity contribution in [3.63, 3.8) is 0 Å². The number of aromatic nitrogens is 5. The Hall–Kier alpha value is -1.69. The van der Waals surface area contributed by atoms with Gasteiger partial charge < -0.3 is 0 Å². The average Bonchev–Trinajstić information content (AvgIpc) is 2.82. The molecule has 0 saturated carbocycles. The summed E-state index contributed by atoms with van der Waals surface area (Å²) in [5.74, 6) is 0.680. The van der Waals surface area contributed by atoms with Gasteiger partial charge in [0.15, 0.2) is 0 Å². The third-order valence-corrected chi connectivity index (χ3v) is 2.77. The van der Waals surface area contributed by atoms with Crippen LogP contribution < -0.4 is 0 Å². The third kappa shape index (κ3) is 1.42. The van der Waals surface area contributed by atoms with Crippen molar-refractivity contribution in [3.8, 4) is 11.4 Å². The molecule has 5 nitrogen and oxygen atoms in total. The van der Waals surface area contributed by atoms with Crippen LogP contribution in [0.2, 0.25) is 0 Å². The van der Waals surface area contributed by atoms with Crippen LogP contribution in [0.4, 0.5) is 0 Å². The molecule has 0 radical (unpaired) electrons. The van der Waals surface area contributed by atoms with Crippen LogP contribution >= 0.6 is 15.9 Å². The Kier molecular flexibility index (Phi) is 2.03. The smallest absolute Gasteiger partial charge is 0.234 e. The highest BCUT2D eigenvalue weighted by Gasteiger charge is 2.08. The fourth-order valence-electron chi connectivity index (χ4n) is 1.61. The van der Waals surface area contributed by atoms with E-state index in [-0.39, 0.29) is 0 Å². The molecule has 0 amide bonds. The largest absolute Gasteiger partial charge is 0.289 e. The van der Waals surface area contributed by atoms with Crippen LogP contribution in [0.1, 0.15) is 0 Å². The molecule has 0 bridgehead atoms. The van der Waals surface area contributed by atoms with E-state index in [1.165, 1.54) is 0 Å². The fraction of sp³-hybridized carbons (Fsp3) is 0.100. The quantitative estimate of drug-likeness (QED) is 0.683. The van der Waals surface area contributed by atoms with Crippen molar-refractivity contribution in [2.75, 3.05) is 0 Å². The topological polar surface area (TPSA) is 48.0 Å². The van der Waals surface area contributed by atoms with Crippen molar-refractivity contribution < 1.29 is 0 Å². The monoisotopic (exact) mass is 277 g/mol. The summed E-state index contributed by atoms with van der Waals surface area (Å²) in [6.07, 6.45) is 7.34. The van der Waals surface area contributed by atoms with E-state index in [0.29, 0.717) is 5.78 Å². The summed E-state index contributed by atoms with van der Waals surface area (Å²) in [6.45, 7) is 0. The molecule has 3 aromatic heterocycles. The minimum atomic E-state index is 0.680. The average molecular weight is 278 g/mol. The van der Waals surface area contributed by atoms with Gasteiger partial charge in [-0.2, -0.15) is 5.10 Å². The molecule has 0 fully saturated rings. The maximum atomic E-state index is 4.43. The minimum Gasteiger partial charge on any atom is -0.289 e. The first-order chi connectivity index (χ1) is 7.74. The van der Waals surface area contributed by atoms with Crippen molar-refractivity contribution in [3.05, 3.63) is 35.3 Å². The van der Waals surface area contributed by atoms with Crippen LogP contribution in [-0.2, 0) is 7.05 Å². The molecule has 0 spiro atoms. The van der Waals surface area contributed by atoms with Crippen molar-refractivity contribution in [2.24, 2.45) is 7.05 Å². The maximum Gasteiger partial charge on any atom is 0.234 e. The molecule has 0 aliphatic carbocycles. The number of fused-ring (bicyclic) bond motifs is 1. The molecular formula is C10H8BrN5. The van der Waals surface area contributed by atoms with Gasteiger partial charge in [-0.15, -0.1) is 0 Å². The molecule has 0 aliphatic heterocycles. The van der Waals surface area contributed by atoms with Gasteiger partial charge in [0.25, 0.3) is 0 Å². The van der Waals surface area contributed by atoms with E-state index >= 15 is 0 Å². The van der Waals surface area contributed by atoms with Gasteiger partial charge in [-0.05, 0) is 22.0 Å². The zero-order valence-corrected chi connectivity index (χ0v) is 10.1. The van der Waals surface area contributed by atoms with Gasteiger partial charge in [0, 0.05) is 31.8 Å². The highest BCUT2D eigenvalue weighted by molar-refractivity contribution is 9.10. The SMILES string of the molecule is Cn1nccc1-c1cn2cc(Br)cnc2n1. The summed E-state index contributed by atoms with van der Waals surface area (Å²) >= 11 is 3.38. The standard InChI is InChI=1S/C10H8BrN5/c1-15-9(2-3-13-15)8-6-16-5-7(11)4-12-10(16)14-8/h2-6H,1H3. The number of halogens is 1. The molecule has 0 atom stereocenters. The van der Waals surface area contributed by atoms with Crippen molar-refractivity contribution in [2.45, 2.75) is 0 Å². The van der Waals surface area contributed by atoms with Crippen LogP contribution in [0.3, 0.4) is 0 Å². The maximum absolute atomic E-state index is 4.43. The minimum absolute atomic E-state index is 0.680. The summed E-state index contributed by atoms with van der Waals surface area (Å²) < 4.78 is 4.59. The van der Waals surface area contributed by atoms with E-state index in [1.807, 2.05) is 29.9 Å². The summed E-state index contributed by atoms with van der Waals surface area (Å²) in [7, 11) is 1.89. The Morgan fingerprint density at radius 2 is 2.19 bits per heavy atom. The molecular weight excluding hydrogens is 270 g/mol. The summed E-state index contributed by atoms with van der Waals surface area (Å²) in [5, 5.41) is 4.12. The van der Waals surface area contributed by atoms with E-state index in [1.54, 1.807) is 17.1 Å². The highest BCUT2D eigenvalue weighted by Crippen LogP contribution is 2.18. The predicted molar refractivity (Wildman–Crippen MR) is 62.9 cm³/mol. The number of nitrogens with zero attached hydrogens (tertiary/aromatic N) is 5. The highest BCUT2D eigenvalue weighted by atomic mass is 79.9. The Morgan fingerprint density at radius 1 is 1.31 bits per heavy atom. The summed E-state index contributed by atoms with van der Waals surface area (Å²) in [6, 6.07) is 1.93. The molecule has 3 rings (SSSR count). The number of hydrogen-bond donors (Lipinski definition) is 0. The molecule has 16 heavy (non-hydrogen) atoms. The second-order valence-corrected chi connectivity index (χ2v) is 4.36. The Labute approximate surface area is 99.9 Å². The van der Waals surface area contributed by atoms with E-state index < -0.39 is 0 Å². The molecule has 3 aromatic rings. The van der Waals surface area contributed by atoms with Crippen LogP contribution in [0.15, 0.2) is 35.3 Å². The lowest BCUT2D eigenvalue weighted by Gasteiger charge is -1.94. The molecule has 80 valence electrons. The number of hydrogen-bond acceptors (Lipinski definition) is 3. The summed E-state index contributed by atoms with van der Waals surface area (Å²) in [4.78, 5) is 8.64. The fourth-order valence-corrected chi connectivity index (χ4v) is 1.93. The van der Waals surface area contributed by atoms with Crippen LogP contribution in [0, 0.1) is 0 Å². The van der Waals surface area contributed by atoms with Crippen molar-refractivity contribution in [1.29, 1.82) is 0 Å². The normalized spacial score (nSPS) is 11.1. The lowest BCUT2D eigenvalue weighted by Crippen LogP contribution is -1.92. The van der Waals surface area contributed by atoms with Crippen LogP contribution in [0.5, 0.6) is 0 Å². The van der Waals surface area contributed by atoms with E-state index in [9.17, 15) is 0 Å². The lowest BCUT2D eigenvalue weighted by atomic mass is 10.3. The second-order valence-electron chi connectivity index (χ2n) is 3.45. The Balaban J connectivity index is 2.23. The van der Waals surface area contributed by atoms with Gasteiger partial charge in [-0.25, -0.2) is 9.97 Å². The third-order valence-electron chi connectivity index (χ3n) is 2.36. The lowest BCUT2D eigenvalue weighted by molar-refractivity contribution is 0.774. The molecule has 0 aliphatic rings.